The average Bonchev–Trinajstić information content (AvgIpc) is 2.84. The summed E-state index contributed by atoms with van der Waals surface area (Å²) in [5.74, 6) is 0.200. The number of likely N-dealkylation sites (N-methyl/N-ethyl adjacent to an activating group) is 1. The fourth-order valence-electron chi connectivity index (χ4n) is 2.68. The van der Waals surface area contributed by atoms with Crippen LogP contribution in [-0.2, 0) is 14.6 Å². The number of hydrogen-bond donors (Lipinski definition) is 1. The summed E-state index contributed by atoms with van der Waals surface area (Å²) in [5, 5.41) is 2.61. The number of hydrogen-bond acceptors (Lipinski definition) is 3. The van der Waals surface area contributed by atoms with Crippen LogP contribution in [0.3, 0.4) is 0 Å². The summed E-state index contributed by atoms with van der Waals surface area (Å²) in [6, 6.07) is 7.45. The Morgan fingerprint density at radius 1 is 1.45 bits per heavy atom. The molecular weight excluding hydrogens is 324 g/mol. The molecule has 1 saturated heterocycles. The highest BCUT2D eigenvalue weighted by atomic mass is 35.5. The van der Waals surface area contributed by atoms with Gasteiger partial charge in [-0.15, -0.1) is 0 Å². The smallest absolute Gasteiger partial charge is 0.277 e. The van der Waals surface area contributed by atoms with Crippen molar-refractivity contribution in [2.45, 2.75) is 25.4 Å². The fraction of sp³-hybridized carbons (Fsp3) is 0.533. The van der Waals surface area contributed by atoms with Crippen molar-refractivity contribution in [1.82, 2.24) is 4.90 Å². The van der Waals surface area contributed by atoms with E-state index in [0.717, 1.165) is 5.56 Å². The van der Waals surface area contributed by atoms with Gasteiger partial charge in [0.05, 0.1) is 11.5 Å². The first kappa shape index (κ1) is 17.2. The number of quaternary nitrogens is 1. The lowest BCUT2D eigenvalue weighted by atomic mass is 10.1. The number of nitrogens with zero attached hydrogens (tertiary/aromatic N) is 1. The van der Waals surface area contributed by atoms with Crippen LogP contribution in [0.4, 0.5) is 0 Å². The molecule has 22 heavy (non-hydrogen) atoms. The molecule has 1 aromatic rings. The number of carbonyl (C=O) groups is 1. The maximum Gasteiger partial charge on any atom is 0.277 e. The summed E-state index contributed by atoms with van der Waals surface area (Å²) in [6.07, 6.45) is 0.532. The lowest BCUT2D eigenvalue weighted by molar-refractivity contribution is -0.683. The predicted molar refractivity (Wildman–Crippen MR) is 86.5 cm³/mol. The molecule has 122 valence electrons. The van der Waals surface area contributed by atoms with Crippen molar-refractivity contribution in [3.63, 3.8) is 0 Å². The molecule has 1 fully saturated rings. The molecule has 0 radical (unpaired) electrons. The van der Waals surface area contributed by atoms with E-state index in [1.807, 2.05) is 36.5 Å². The Kier molecular flexibility index (Phi) is 5.47. The lowest BCUT2D eigenvalue weighted by Crippen LogP contribution is -2.87. The summed E-state index contributed by atoms with van der Waals surface area (Å²) >= 11 is 6.15. The molecule has 1 aromatic carbocycles. The van der Waals surface area contributed by atoms with Crippen molar-refractivity contribution in [2.75, 3.05) is 25.1 Å². The quantitative estimate of drug-likeness (QED) is 0.850. The lowest BCUT2D eigenvalue weighted by Gasteiger charge is -2.23. The highest BCUT2D eigenvalue weighted by Crippen LogP contribution is 2.19. The Hall–Kier alpha value is -1.11. The molecule has 7 heteroatoms. The molecule has 2 atom stereocenters. The molecule has 0 spiro atoms. The largest absolute Gasteiger partial charge is 0.337 e. The van der Waals surface area contributed by atoms with E-state index < -0.39 is 9.84 Å². The number of rotatable bonds is 5. The van der Waals surface area contributed by atoms with Crippen LogP contribution in [-0.4, -0.2) is 50.4 Å². The SMILES string of the molecule is C[C@@H]([NH2+]CC(=O)N(C)[C@@H]1CCS(=O)(=O)C1)c1ccccc1Cl. The predicted octanol–water partition coefficient (Wildman–Crippen LogP) is 0.610. The molecule has 1 aliphatic heterocycles. The van der Waals surface area contributed by atoms with E-state index in [-0.39, 0.29) is 36.0 Å². The number of amides is 1. The first-order valence-electron chi connectivity index (χ1n) is 7.34. The van der Waals surface area contributed by atoms with Gasteiger partial charge in [0.2, 0.25) is 0 Å². The van der Waals surface area contributed by atoms with Gasteiger partial charge in [-0.1, -0.05) is 29.8 Å². The van der Waals surface area contributed by atoms with E-state index in [9.17, 15) is 13.2 Å². The van der Waals surface area contributed by atoms with E-state index in [0.29, 0.717) is 11.4 Å². The van der Waals surface area contributed by atoms with Crippen molar-refractivity contribution in [2.24, 2.45) is 0 Å². The van der Waals surface area contributed by atoms with Gasteiger partial charge in [-0.3, -0.25) is 4.79 Å². The van der Waals surface area contributed by atoms with Crippen LogP contribution in [0.15, 0.2) is 24.3 Å². The van der Waals surface area contributed by atoms with E-state index >= 15 is 0 Å². The zero-order valence-corrected chi connectivity index (χ0v) is 14.4. The van der Waals surface area contributed by atoms with Crippen molar-refractivity contribution in [3.05, 3.63) is 34.9 Å². The maximum atomic E-state index is 12.2. The molecule has 1 aliphatic rings. The summed E-state index contributed by atoms with van der Waals surface area (Å²) in [7, 11) is -1.29. The van der Waals surface area contributed by atoms with Crippen molar-refractivity contribution in [3.8, 4) is 0 Å². The van der Waals surface area contributed by atoms with Gasteiger partial charge in [-0.2, -0.15) is 0 Å². The van der Waals surface area contributed by atoms with Gasteiger partial charge in [0, 0.05) is 23.7 Å². The number of nitrogens with two attached hydrogens (primary N) is 1. The minimum atomic E-state index is -2.98. The van der Waals surface area contributed by atoms with Crippen molar-refractivity contribution < 1.29 is 18.5 Å². The molecular formula is C15H22ClN2O3S+. The van der Waals surface area contributed by atoms with Crippen molar-refractivity contribution in [1.29, 1.82) is 0 Å². The van der Waals surface area contributed by atoms with E-state index in [4.69, 9.17) is 11.6 Å². The van der Waals surface area contributed by atoms with Gasteiger partial charge in [0.25, 0.3) is 5.91 Å². The second-order valence-corrected chi connectivity index (χ2v) is 8.45. The first-order chi connectivity index (χ1) is 10.3. The van der Waals surface area contributed by atoms with Crippen LogP contribution in [0.2, 0.25) is 5.02 Å². The second-order valence-electron chi connectivity index (χ2n) is 5.81. The van der Waals surface area contributed by atoms with Crippen LogP contribution in [0, 0.1) is 0 Å². The van der Waals surface area contributed by atoms with Gasteiger partial charge in [0.1, 0.15) is 6.04 Å². The third-order valence-electron chi connectivity index (χ3n) is 4.19. The van der Waals surface area contributed by atoms with Gasteiger partial charge in [-0.25, -0.2) is 8.42 Å². The Morgan fingerprint density at radius 3 is 2.73 bits per heavy atom. The van der Waals surface area contributed by atoms with Gasteiger partial charge >= 0.3 is 0 Å². The van der Waals surface area contributed by atoms with Gasteiger partial charge in [0.15, 0.2) is 16.4 Å². The number of sulfone groups is 1. The normalized spacial score (nSPS) is 21.5. The topological polar surface area (TPSA) is 71.1 Å². The van der Waals surface area contributed by atoms with E-state index in [1.54, 1.807) is 11.9 Å². The summed E-state index contributed by atoms with van der Waals surface area (Å²) < 4.78 is 23.0. The van der Waals surface area contributed by atoms with E-state index in [2.05, 4.69) is 0 Å². The van der Waals surface area contributed by atoms with Crippen LogP contribution >= 0.6 is 11.6 Å². The second kappa shape index (κ2) is 6.98. The Labute approximate surface area is 136 Å². The number of carbonyl (C=O) groups excluding carboxylic acids is 1. The average molecular weight is 346 g/mol. The molecule has 0 bridgehead atoms. The minimum Gasteiger partial charge on any atom is -0.337 e. The molecule has 1 heterocycles. The van der Waals surface area contributed by atoms with Crippen LogP contribution in [0.1, 0.15) is 24.9 Å². The van der Waals surface area contributed by atoms with E-state index in [1.165, 1.54) is 0 Å². The first-order valence-corrected chi connectivity index (χ1v) is 9.54. The highest BCUT2D eigenvalue weighted by Gasteiger charge is 2.33. The Bertz CT molecular complexity index is 648. The molecule has 2 N–H and O–H groups in total. The number of halogens is 1. The number of benzene rings is 1. The highest BCUT2D eigenvalue weighted by molar-refractivity contribution is 7.91. The molecule has 1 amide bonds. The van der Waals surface area contributed by atoms with Gasteiger partial charge in [-0.05, 0) is 19.4 Å². The monoisotopic (exact) mass is 345 g/mol. The molecule has 2 rings (SSSR count). The standard InChI is InChI=1S/C15H21ClN2O3S/c1-11(13-5-3-4-6-14(13)16)17-9-15(19)18(2)12-7-8-22(20,21)10-12/h3-6,11-12,17H,7-10H2,1-2H3/p+1/t11-,12-/m1/s1. The molecule has 0 unspecified atom stereocenters. The molecule has 5 nitrogen and oxygen atoms in total. The third-order valence-corrected chi connectivity index (χ3v) is 6.29. The zero-order valence-electron chi connectivity index (χ0n) is 12.8. The Morgan fingerprint density at radius 2 is 2.14 bits per heavy atom. The Balaban J connectivity index is 1.89. The minimum absolute atomic E-state index is 0.0546. The fourth-order valence-corrected chi connectivity index (χ4v) is 4.76. The van der Waals surface area contributed by atoms with Crippen LogP contribution in [0.5, 0.6) is 0 Å². The molecule has 0 aliphatic carbocycles. The summed E-state index contributed by atoms with van der Waals surface area (Å²) in [6.45, 7) is 2.27. The van der Waals surface area contributed by atoms with Crippen LogP contribution in [0.25, 0.3) is 0 Å². The van der Waals surface area contributed by atoms with Crippen LogP contribution < -0.4 is 5.32 Å². The zero-order chi connectivity index (χ0) is 16.3. The summed E-state index contributed by atoms with van der Waals surface area (Å²) in [5.41, 5.74) is 0.989. The van der Waals surface area contributed by atoms with Crippen molar-refractivity contribution >= 4 is 27.3 Å². The summed E-state index contributed by atoms with van der Waals surface area (Å²) in [4.78, 5) is 13.8. The molecule has 0 aromatic heterocycles. The van der Waals surface area contributed by atoms with Gasteiger partial charge < -0.3 is 10.2 Å². The third kappa shape index (κ3) is 4.21. The molecule has 0 saturated carbocycles. The maximum absolute atomic E-state index is 12.2.